The third kappa shape index (κ3) is 5.23. The molecule has 0 aliphatic rings. The molecule has 2 aromatic carbocycles. The molecule has 0 saturated carbocycles. The fourth-order valence-corrected chi connectivity index (χ4v) is 2.69. The Bertz CT molecular complexity index is 774. The predicted molar refractivity (Wildman–Crippen MR) is 107 cm³/mol. The van der Waals surface area contributed by atoms with Crippen molar-refractivity contribution >= 4 is 23.6 Å². The lowest BCUT2D eigenvalue weighted by molar-refractivity contribution is 0.160. The van der Waals surface area contributed by atoms with Gasteiger partial charge in [-0.2, -0.15) is 0 Å². The molecule has 6 heteroatoms. The molecule has 0 N–H and O–H groups in total. The lowest BCUT2D eigenvalue weighted by atomic mass is 10.0. The Morgan fingerprint density at radius 2 is 1.37 bits per heavy atom. The summed E-state index contributed by atoms with van der Waals surface area (Å²) in [5, 5.41) is 0. The lowest BCUT2D eigenvalue weighted by Gasteiger charge is -2.20. The highest BCUT2D eigenvalue weighted by Gasteiger charge is 2.16. The van der Waals surface area contributed by atoms with Crippen LogP contribution >= 0.6 is 0 Å². The lowest BCUT2D eigenvalue weighted by Crippen LogP contribution is -2.28. The summed E-state index contributed by atoms with van der Waals surface area (Å²) in [4.78, 5) is 26.8. The molecule has 2 amide bonds. The Balaban J connectivity index is 2.16. The zero-order chi connectivity index (χ0) is 19.8. The van der Waals surface area contributed by atoms with E-state index in [9.17, 15) is 9.59 Å². The van der Waals surface area contributed by atoms with Crippen molar-refractivity contribution in [2.45, 2.75) is 20.3 Å². The van der Waals surface area contributed by atoms with E-state index in [4.69, 9.17) is 9.47 Å². The quantitative estimate of drug-likeness (QED) is 0.753. The van der Waals surface area contributed by atoms with Crippen molar-refractivity contribution in [2.24, 2.45) is 0 Å². The number of hydrogen-bond acceptors (Lipinski definition) is 4. The van der Waals surface area contributed by atoms with Gasteiger partial charge < -0.3 is 9.47 Å². The Kier molecular flexibility index (Phi) is 7.23. The second-order valence-electron chi connectivity index (χ2n) is 5.99. The van der Waals surface area contributed by atoms with Crippen molar-refractivity contribution in [3.05, 3.63) is 59.7 Å². The number of ether oxygens (including phenoxy) is 2. The molecule has 0 heterocycles. The molecule has 0 saturated heterocycles. The van der Waals surface area contributed by atoms with E-state index in [1.807, 2.05) is 48.5 Å². The van der Waals surface area contributed by atoms with Crippen LogP contribution in [0.15, 0.2) is 48.5 Å². The van der Waals surface area contributed by atoms with E-state index in [2.05, 4.69) is 0 Å². The summed E-state index contributed by atoms with van der Waals surface area (Å²) in [5.74, 6) is 0. The summed E-state index contributed by atoms with van der Waals surface area (Å²) < 4.78 is 10.1. The van der Waals surface area contributed by atoms with Crippen LogP contribution in [0, 0.1) is 0 Å². The van der Waals surface area contributed by atoms with Crippen molar-refractivity contribution in [2.75, 3.05) is 37.1 Å². The number of nitrogens with zero attached hydrogens (tertiary/aromatic N) is 2. The van der Waals surface area contributed by atoms with Crippen LogP contribution in [0.1, 0.15) is 25.0 Å². The van der Waals surface area contributed by atoms with Crippen molar-refractivity contribution in [1.82, 2.24) is 0 Å². The summed E-state index contributed by atoms with van der Waals surface area (Å²) in [5.41, 5.74) is 3.65. The Labute approximate surface area is 160 Å². The number of rotatable bonds is 6. The van der Waals surface area contributed by atoms with E-state index in [0.29, 0.717) is 19.6 Å². The molecule has 0 fully saturated rings. The van der Waals surface area contributed by atoms with Crippen LogP contribution in [0.5, 0.6) is 0 Å². The van der Waals surface area contributed by atoms with Crippen LogP contribution in [0.2, 0.25) is 0 Å². The van der Waals surface area contributed by atoms with Gasteiger partial charge in [0.1, 0.15) is 0 Å². The van der Waals surface area contributed by atoms with Crippen LogP contribution in [0.25, 0.3) is 0 Å². The largest absolute Gasteiger partial charge is 0.449 e. The first-order valence-electron chi connectivity index (χ1n) is 8.95. The number of hydrogen-bond donors (Lipinski definition) is 0. The summed E-state index contributed by atoms with van der Waals surface area (Å²) in [6.45, 7) is 4.24. The third-order valence-corrected chi connectivity index (χ3v) is 4.15. The fraction of sp³-hybridized carbons (Fsp3) is 0.333. The molecule has 0 aromatic heterocycles. The topological polar surface area (TPSA) is 59.1 Å². The molecular formula is C21H26N2O4. The van der Waals surface area contributed by atoms with E-state index < -0.39 is 0 Å². The van der Waals surface area contributed by atoms with E-state index in [1.54, 1.807) is 27.9 Å². The molecule has 0 atom stereocenters. The van der Waals surface area contributed by atoms with Crippen molar-refractivity contribution in [3.63, 3.8) is 0 Å². The summed E-state index contributed by atoms with van der Waals surface area (Å²) in [6.07, 6.45) is -0.105. The SMILES string of the molecule is CCOC(=O)N(C)c1ccc(Cc2ccccc2N(C)C(=O)OCC)cc1. The molecule has 0 radical (unpaired) electrons. The number of benzene rings is 2. The van der Waals surface area contributed by atoms with Crippen molar-refractivity contribution in [1.29, 1.82) is 0 Å². The Morgan fingerprint density at radius 1 is 0.815 bits per heavy atom. The Hall–Kier alpha value is -3.02. The Morgan fingerprint density at radius 3 is 1.96 bits per heavy atom. The molecule has 0 aliphatic carbocycles. The van der Waals surface area contributed by atoms with E-state index in [-0.39, 0.29) is 12.2 Å². The van der Waals surface area contributed by atoms with Gasteiger partial charge in [-0.1, -0.05) is 30.3 Å². The predicted octanol–water partition coefficient (Wildman–Crippen LogP) is 4.46. The van der Waals surface area contributed by atoms with Crippen molar-refractivity contribution < 1.29 is 19.1 Å². The van der Waals surface area contributed by atoms with Gasteiger partial charge in [0.25, 0.3) is 0 Å². The van der Waals surface area contributed by atoms with E-state index in [1.165, 1.54) is 9.80 Å². The fourth-order valence-electron chi connectivity index (χ4n) is 2.69. The van der Waals surface area contributed by atoms with Gasteiger partial charge in [0, 0.05) is 19.8 Å². The van der Waals surface area contributed by atoms with E-state index in [0.717, 1.165) is 22.5 Å². The second-order valence-corrected chi connectivity index (χ2v) is 5.99. The summed E-state index contributed by atoms with van der Waals surface area (Å²) >= 11 is 0. The average Bonchev–Trinajstić information content (AvgIpc) is 2.68. The van der Waals surface area contributed by atoms with Gasteiger partial charge in [-0.15, -0.1) is 0 Å². The molecule has 0 aliphatic heterocycles. The summed E-state index contributed by atoms with van der Waals surface area (Å²) in [7, 11) is 3.38. The first-order valence-corrected chi connectivity index (χ1v) is 8.95. The highest BCUT2D eigenvalue weighted by molar-refractivity contribution is 5.88. The first-order chi connectivity index (χ1) is 13.0. The number of para-hydroxylation sites is 1. The standard InChI is InChI=1S/C21H26N2O4/c1-5-26-20(24)22(3)18-13-11-16(12-14-18)15-17-9-7-8-10-19(17)23(4)21(25)27-6-2/h7-14H,5-6,15H2,1-4H3. The van der Waals surface area contributed by atoms with Crippen LogP contribution < -0.4 is 9.80 Å². The van der Waals surface area contributed by atoms with Crippen molar-refractivity contribution in [3.8, 4) is 0 Å². The molecule has 0 spiro atoms. The minimum Gasteiger partial charge on any atom is -0.449 e. The maximum absolute atomic E-state index is 12.0. The van der Waals surface area contributed by atoms with E-state index >= 15 is 0 Å². The van der Waals surface area contributed by atoms with Gasteiger partial charge >= 0.3 is 12.2 Å². The maximum Gasteiger partial charge on any atom is 0.414 e. The van der Waals surface area contributed by atoms with Gasteiger partial charge in [0.2, 0.25) is 0 Å². The molecule has 6 nitrogen and oxygen atoms in total. The number of anilines is 2. The zero-order valence-electron chi connectivity index (χ0n) is 16.3. The highest BCUT2D eigenvalue weighted by Crippen LogP contribution is 2.24. The van der Waals surface area contributed by atoms with Gasteiger partial charge in [0.15, 0.2) is 0 Å². The molecule has 0 bridgehead atoms. The van der Waals surface area contributed by atoms with Gasteiger partial charge in [-0.05, 0) is 49.6 Å². The second kappa shape index (κ2) is 9.62. The van der Waals surface area contributed by atoms with Crippen LogP contribution in [-0.2, 0) is 15.9 Å². The number of carbonyl (C=O) groups excluding carboxylic acids is 2. The molecule has 2 rings (SSSR count). The zero-order valence-corrected chi connectivity index (χ0v) is 16.3. The van der Waals surface area contributed by atoms with Crippen LogP contribution in [0.4, 0.5) is 21.0 Å². The summed E-state index contributed by atoms with van der Waals surface area (Å²) in [6, 6.07) is 15.4. The normalized spacial score (nSPS) is 10.2. The monoisotopic (exact) mass is 370 g/mol. The number of carbonyl (C=O) groups is 2. The molecular weight excluding hydrogens is 344 g/mol. The minimum atomic E-state index is -0.383. The van der Waals surface area contributed by atoms with Gasteiger partial charge in [0.05, 0.1) is 18.9 Å². The highest BCUT2D eigenvalue weighted by atomic mass is 16.6. The smallest absolute Gasteiger partial charge is 0.414 e. The third-order valence-electron chi connectivity index (χ3n) is 4.15. The minimum absolute atomic E-state index is 0.334. The van der Waals surface area contributed by atoms with Gasteiger partial charge in [-0.25, -0.2) is 9.59 Å². The molecule has 2 aromatic rings. The number of amides is 2. The van der Waals surface area contributed by atoms with Gasteiger partial charge in [-0.3, -0.25) is 9.80 Å². The molecule has 0 unspecified atom stereocenters. The van der Waals surface area contributed by atoms with Crippen LogP contribution in [-0.4, -0.2) is 39.5 Å². The maximum atomic E-state index is 12.0. The molecule has 27 heavy (non-hydrogen) atoms. The average molecular weight is 370 g/mol. The molecule has 144 valence electrons. The first kappa shape index (κ1) is 20.3. The van der Waals surface area contributed by atoms with Crippen LogP contribution in [0.3, 0.4) is 0 Å².